The number of rotatable bonds is 39. The van der Waals surface area contributed by atoms with Crippen molar-refractivity contribution in [3.63, 3.8) is 0 Å². The minimum atomic E-state index is -4.63. The summed E-state index contributed by atoms with van der Waals surface area (Å²) < 4.78 is 33.8. The Hall–Kier alpha value is -2.03. The van der Waals surface area contributed by atoms with E-state index in [4.69, 9.17) is 18.5 Å². The van der Waals surface area contributed by atoms with Crippen LogP contribution in [0.3, 0.4) is 0 Å². The number of phosphoric ester groups is 1. The highest BCUT2D eigenvalue weighted by molar-refractivity contribution is 7.45. The van der Waals surface area contributed by atoms with Crippen molar-refractivity contribution in [1.29, 1.82) is 0 Å². The quantitative estimate of drug-likeness (QED) is 0.0199. The number of carbonyl (C=O) groups is 2. The van der Waals surface area contributed by atoms with Crippen LogP contribution in [0.5, 0.6) is 0 Å². The van der Waals surface area contributed by atoms with Crippen molar-refractivity contribution < 1.29 is 42.1 Å². The van der Waals surface area contributed by atoms with Gasteiger partial charge in [0, 0.05) is 12.8 Å². The molecule has 0 aliphatic rings. The summed E-state index contributed by atoms with van der Waals surface area (Å²) in [7, 11) is 1.14. The number of unbranched alkanes of at least 4 members (excludes halogenated alkanes) is 17. The highest BCUT2D eigenvalue weighted by atomic mass is 31.2. The number of carbonyl (C=O) groups excluding carboxylic acids is 2. The van der Waals surface area contributed by atoms with Gasteiger partial charge in [-0.3, -0.25) is 14.2 Å². The van der Waals surface area contributed by atoms with Crippen LogP contribution in [0.2, 0.25) is 0 Å². The van der Waals surface area contributed by atoms with E-state index in [9.17, 15) is 19.0 Å². The van der Waals surface area contributed by atoms with Crippen LogP contribution in [0.15, 0.2) is 48.6 Å². The van der Waals surface area contributed by atoms with Crippen LogP contribution in [-0.2, 0) is 32.7 Å². The molecule has 1 unspecified atom stereocenters. The van der Waals surface area contributed by atoms with Crippen LogP contribution in [0.25, 0.3) is 0 Å². The predicted octanol–water partition coefficient (Wildman–Crippen LogP) is 11.7. The third-order valence-electron chi connectivity index (χ3n) is 9.10. The topological polar surface area (TPSA) is 111 Å². The zero-order valence-electron chi connectivity index (χ0n) is 35.9. The number of allylic oxidation sites excluding steroid dienone is 8. The Labute approximate surface area is 337 Å². The maximum absolute atomic E-state index is 12.7. The molecule has 0 fully saturated rings. The SMILES string of the molecule is CCCCC/C=C/C/C=C/C/C=C/C/C=C/CCCCCC(=O)O[C@H](COC(=O)CCCCCCCCCCCCCC)COP(=O)([O-])OCC[N+](C)(C)C. The van der Waals surface area contributed by atoms with Crippen molar-refractivity contribution in [1.82, 2.24) is 0 Å². The van der Waals surface area contributed by atoms with Gasteiger partial charge < -0.3 is 27.9 Å². The molecule has 2 atom stereocenters. The maximum Gasteiger partial charge on any atom is 0.306 e. The molecule has 0 saturated carbocycles. The minimum Gasteiger partial charge on any atom is -0.756 e. The zero-order valence-corrected chi connectivity index (χ0v) is 36.8. The van der Waals surface area contributed by atoms with Gasteiger partial charge in [0.1, 0.15) is 19.8 Å². The highest BCUT2D eigenvalue weighted by Crippen LogP contribution is 2.38. The number of ether oxygens (including phenoxy) is 2. The standard InChI is InChI=1S/C45H82NO8P/c1-6-8-10-12-14-16-18-20-21-22-23-24-25-26-28-30-32-34-36-38-45(48)54-43(42-53-55(49,50)52-40-39-46(3,4)5)41-51-44(47)37-35-33-31-29-27-19-17-15-13-11-9-7-2/h14,16,20-21,23-24,26,28,43H,6-13,15,17-19,22,25,27,29-42H2,1-5H3/b16-14+,21-20+,24-23+,28-26+/t43-/m1/s1. The molecule has 0 saturated heterocycles. The van der Waals surface area contributed by atoms with Crippen molar-refractivity contribution in [2.24, 2.45) is 0 Å². The summed E-state index contributed by atoms with van der Waals surface area (Å²) in [6, 6.07) is 0. The van der Waals surface area contributed by atoms with Crippen molar-refractivity contribution in [3.05, 3.63) is 48.6 Å². The Balaban J connectivity index is 4.43. The Morgan fingerprint density at radius 3 is 1.49 bits per heavy atom. The van der Waals surface area contributed by atoms with Gasteiger partial charge in [0.15, 0.2) is 6.10 Å². The molecule has 0 radical (unpaired) electrons. The lowest BCUT2D eigenvalue weighted by Gasteiger charge is -2.28. The van der Waals surface area contributed by atoms with E-state index in [1.807, 2.05) is 21.1 Å². The van der Waals surface area contributed by atoms with Crippen LogP contribution in [0.4, 0.5) is 0 Å². The first-order valence-electron chi connectivity index (χ1n) is 21.8. The Morgan fingerprint density at radius 2 is 0.982 bits per heavy atom. The van der Waals surface area contributed by atoms with Gasteiger partial charge in [-0.1, -0.05) is 152 Å². The fraction of sp³-hybridized carbons (Fsp3) is 0.778. The van der Waals surface area contributed by atoms with Gasteiger partial charge in [-0.2, -0.15) is 0 Å². The number of quaternary nitrogens is 1. The molecule has 0 bridgehead atoms. The van der Waals surface area contributed by atoms with Crippen LogP contribution in [0, 0.1) is 0 Å². The van der Waals surface area contributed by atoms with E-state index in [0.717, 1.165) is 57.8 Å². The number of nitrogens with zero attached hydrogens (tertiary/aromatic N) is 1. The Kier molecular flexibility index (Phi) is 36.2. The molecule has 0 aromatic carbocycles. The van der Waals surface area contributed by atoms with Gasteiger partial charge in [0.05, 0.1) is 27.7 Å². The predicted molar refractivity (Wildman–Crippen MR) is 227 cm³/mol. The summed E-state index contributed by atoms with van der Waals surface area (Å²) in [5.41, 5.74) is 0. The number of esters is 2. The molecule has 0 amide bonds. The molecule has 0 heterocycles. The van der Waals surface area contributed by atoms with Crippen molar-refractivity contribution in [2.75, 3.05) is 47.5 Å². The van der Waals surface area contributed by atoms with Crippen molar-refractivity contribution in [2.45, 2.75) is 180 Å². The summed E-state index contributed by atoms with van der Waals surface area (Å²) in [5.74, 6) is -0.871. The molecule has 320 valence electrons. The van der Waals surface area contributed by atoms with Crippen molar-refractivity contribution in [3.8, 4) is 0 Å². The summed E-state index contributed by atoms with van der Waals surface area (Å²) in [6.45, 7) is 4.15. The number of likely N-dealkylation sites (N-methyl/N-ethyl adjacent to an activating group) is 1. The van der Waals surface area contributed by atoms with Crippen LogP contribution < -0.4 is 4.89 Å². The van der Waals surface area contributed by atoms with E-state index in [2.05, 4.69) is 62.5 Å². The number of hydrogen-bond donors (Lipinski definition) is 0. The van der Waals surface area contributed by atoms with Crippen LogP contribution in [0.1, 0.15) is 174 Å². The molecule has 9 nitrogen and oxygen atoms in total. The molecule has 55 heavy (non-hydrogen) atoms. The molecule has 0 aliphatic carbocycles. The van der Waals surface area contributed by atoms with E-state index < -0.39 is 32.5 Å². The fourth-order valence-corrected chi connectivity index (χ4v) is 6.37. The van der Waals surface area contributed by atoms with E-state index in [1.54, 1.807) is 0 Å². The van der Waals surface area contributed by atoms with Gasteiger partial charge in [-0.05, 0) is 57.8 Å². The number of hydrogen-bond acceptors (Lipinski definition) is 8. The van der Waals surface area contributed by atoms with E-state index in [1.165, 1.54) is 83.5 Å². The second-order valence-corrected chi connectivity index (χ2v) is 17.1. The van der Waals surface area contributed by atoms with Gasteiger partial charge in [0.2, 0.25) is 0 Å². The van der Waals surface area contributed by atoms with Crippen LogP contribution in [-0.4, -0.2) is 70.0 Å². The third-order valence-corrected chi connectivity index (χ3v) is 10.1. The van der Waals surface area contributed by atoms with Crippen LogP contribution >= 0.6 is 7.82 Å². The average Bonchev–Trinajstić information content (AvgIpc) is 3.13. The molecule has 0 aliphatic heterocycles. The molecular formula is C45H82NO8P. The normalized spacial score (nSPS) is 14.1. The zero-order chi connectivity index (χ0) is 40.7. The van der Waals surface area contributed by atoms with Gasteiger partial charge in [-0.15, -0.1) is 0 Å². The monoisotopic (exact) mass is 796 g/mol. The molecule has 0 N–H and O–H groups in total. The molecule has 0 aromatic rings. The summed E-state index contributed by atoms with van der Waals surface area (Å²) in [5, 5.41) is 0. The maximum atomic E-state index is 12.7. The smallest absolute Gasteiger partial charge is 0.306 e. The van der Waals surface area contributed by atoms with Gasteiger partial charge in [-0.25, -0.2) is 0 Å². The molecular weight excluding hydrogens is 713 g/mol. The first kappa shape index (κ1) is 53.0. The Bertz CT molecular complexity index is 1080. The highest BCUT2D eigenvalue weighted by Gasteiger charge is 2.21. The average molecular weight is 796 g/mol. The van der Waals surface area contributed by atoms with E-state index >= 15 is 0 Å². The molecule has 0 spiro atoms. The first-order valence-corrected chi connectivity index (χ1v) is 23.3. The lowest BCUT2D eigenvalue weighted by Crippen LogP contribution is -2.37. The Morgan fingerprint density at radius 1 is 0.564 bits per heavy atom. The summed E-state index contributed by atoms with van der Waals surface area (Å²) in [6.07, 6.45) is 42.8. The molecule has 0 rings (SSSR count). The molecule has 10 heteroatoms. The fourth-order valence-electron chi connectivity index (χ4n) is 5.64. The first-order chi connectivity index (χ1) is 26.5. The second kappa shape index (κ2) is 37.5. The lowest BCUT2D eigenvalue weighted by atomic mass is 10.0. The minimum absolute atomic E-state index is 0.0379. The second-order valence-electron chi connectivity index (χ2n) is 15.7. The largest absolute Gasteiger partial charge is 0.756 e. The third kappa shape index (κ3) is 41.4. The summed E-state index contributed by atoms with van der Waals surface area (Å²) in [4.78, 5) is 37.5. The summed E-state index contributed by atoms with van der Waals surface area (Å²) >= 11 is 0. The van der Waals surface area contributed by atoms with Crippen molar-refractivity contribution >= 4 is 19.8 Å². The van der Waals surface area contributed by atoms with E-state index in [-0.39, 0.29) is 26.1 Å². The van der Waals surface area contributed by atoms with E-state index in [0.29, 0.717) is 17.4 Å². The lowest BCUT2D eigenvalue weighted by molar-refractivity contribution is -0.870. The molecule has 0 aromatic heterocycles. The van der Waals surface area contributed by atoms with Gasteiger partial charge >= 0.3 is 11.9 Å². The van der Waals surface area contributed by atoms with Gasteiger partial charge in [0.25, 0.3) is 7.82 Å². The number of phosphoric acid groups is 1.